The van der Waals surface area contributed by atoms with Crippen molar-refractivity contribution in [2.24, 2.45) is 0 Å². The molecule has 114 valence electrons. The van der Waals surface area contributed by atoms with Crippen LogP contribution in [0.1, 0.15) is 13.3 Å². The average Bonchev–Trinajstić information content (AvgIpc) is 2.75. The average molecular weight is 312 g/mol. The van der Waals surface area contributed by atoms with E-state index in [2.05, 4.69) is 5.32 Å². The predicted molar refractivity (Wildman–Crippen MR) is 79.2 cm³/mol. The van der Waals surface area contributed by atoms with Crippen LogP contribution >= 0.6 is 0 Å². The second kappa shape index (κ2) is 6.13. The van der Waals surface area contributed by atoms with E-state index in [1.165, 1.54) is 18.2 Å². The third-order valence-corrected chi connectivity index (χ3v) is 4.31. The highest BCUT2D eigenvalue weighted by molar-refractivity contribution is 7.94. The molecule has 1 unspecified atom stereocenters. The van der Waals surface area contributed by atoms with Gasteiger partial charge in [0.1, 0.15) is 5.69 Å². The number of hydrogen-bond donors (Lipinski definition) is 1. The highest BCUT2D eigenvalue weighted by Gasteiger charge is 2.26. The standard InChI is InChI=1S/C13H16N2O5S/c1-2-7-20-12-5-3-4-11(13(12)15(16)17)14-10-6-8-21(18,19)9-10/h3-6,8,10,14H,2,7,9H2,1H3. The van der Waals surface area contributed by atoms with Crippen LogP contribution in [-0.2, 0) is 9.84 Å². The Labute approximate surface area is 122 Å². The first-order valence-corrected chi connectivity index (χ1v) is 8.22. The van der Waals surface area contributed by atoms with Gasteiger partial charge in [-0.3, -0.25) is 10.1 Å². The van der Waals surface area contributed by atoms with Gasteiger partial charge in [0, 0.05) is 5.41 Å². The first-order chi connectivity index (χ1) is 9.93. The van der Waals surface area contributed by atoms with Crippen molar-refractivity contribution in [1.29, 1.82) is 0 Å². The summed E-state index contributed by atoms with van der Waals surface area (Å²) in [6.07, 6.45) is 2.22. The molecule has 0 saturated carbocycles. The minimum absolute atomic E-state index is 0.107. The van der Waals surface area contributed by atoms with E-state index in [1.54, 1.807) is 6.07 Å². The van der Waals surface area contributed by atoms with Crippen LogP contribution in [0, 0.1) is 10.1 Å². The fourth-order valence-electron chi connectivity index (χ4n) is 2.02. The van der Waals surface area contributed by atoms with Crippen LogP contribution in [0.15, 0.2) is 29.7 Å². The lowest BCUT2D eigenvalue weighted by Crippen LogP contribution is -2.21. The third kappa shape index (κ3) is 3.72. The lowest BCUT2D eigenvalue weighted by Gasteiger charge is -2.13. The van der Waals surface area contributed by atoms with Crippen LogP contribution in [0.5, 0.6) is 5.75 Å². The van der Waals surface area contributed by atoms with Crippen LogP contribution in [0.2, 0.25) is 0 Å². The van der Waals surface area contributed by atoms with Gasteiger partial charge in [0.15, 0.2) is 15.6 Å². The number of nitro groups is 1. The van der Waals surface area contributed by atoms with Gasteiger partial charge in [-0.25, -0.2) is 8.42 Å². The van der Waals surface area contributed by atoms with E-state index in [9.17, 15) is 18.5 Å². The molecule has 0 spiro atoms. The Kier molecular flexibility index (Phi) is 4.46. The zero-order valence-electron chi connectivity index (χ0n) is 11.5. The normalized spacial score (nSPS) is 19.4. The molecule has 0 bridgehead atoms. The number of para-hydroxylation sites is 1. The second-order valence-corrected chi connectivity index (χ2v) is 6.60. The number of nitrogens with zero attached hydrogens (tertiary/aromatic N) is 1. The number of ether oxygens (including phenoxy) is 1. The van der Waals surface area contributed by atoms with E-state index in [0.717, 1.165) is 11.8 Å². The summed E-state index contributed by atoms with van der Waals surface area (Å²) in [4.78, 5) is 10.7. The van der Waals surface area contributed by atoms with Crippen molar-refractivity contribution in [3.8, 4) is 5.75 Å². The number of nitrogens with one attached hydrogen (secondary N) is 1. The smallest absolute Gasteiger partial charge is 0.333 e. The van der Waals surface area contributed by atoms with E-state index in [-0.39, 0.29) is 22.9 Å². The van der Waals surface area contributed by atoms with E-state index in [1.807, 2.05) is 6.92 Å². The molecule has 0 aromatic heterocycles. The molecule has 0 fully saturated rings. The Hall–Kier alpha value is -2.09. The lowest BCUT2D eigenvalue weighted by molar-refractivity contribution is -0.385. The molecule has 1 aliphatic rings. The summed E-state index contributed by atoms with van der Waals surface area (Å²) in [6.45, 7) is 2.28. The molecule has 8 heteroatoms. The Morgan fingerprint density at radius 1 is 1.48 bits per heavy atom. The maximum absolute atomic E-state index is 11.4. The number of hydrogen-bond acceptors (Lipinski definition) is 6. The quantitative estimate of drug-likeness (QED) is 0.638. The van der Waals surface area contributed by atoms with Crippen molar-refractivity contribution in [3.05, 3.63) is 39.8 Å². The van der Waals surface area contributed by atoms with Crippen molar-refractivity contribution in [2.75, 3.05) is 17.7 Å². The molecule has 1 aromatic carbocycles. The van der Waals surface area contributed by atoms with Crippen molar-refractivity contribution in [1.82, 2.24) is 0 Å². The summed E-state index contributed by atoms with van der Waals surface area (Å²) in [5.74, 6) is 0.0705. The zero-order valence-corrected chi connectivity index (χ0v) is 12.3. The molecule has 21 heavy (non-hydrogen) atoms. The molecular weight excluding hydrogens is 296 g/mol. The second-order valence-electron chi connectivity index (χ2n) is 4.67. The van der Waals surface area contributed by atoms with Gasteiger partial charge in [0.2, 0.25) is 0 Å². The van der Waals surface area contributed by atoms with Gasteiger partial charge < -0.3 is 10.1 Å². The Morgan fingerprint density at radius 2 is 2.24 bits per heavy atom. The topological polar surface area (TPSA) is 98.5 Å². The summed E-state index contributed by atoms with van der Waals surface area (Å²) >= 11 is 0. The molecular formula is C13H16N2O5S. The van der Waals surface area contributed by atoms with Gasteiger partial charge in [-0.15, -0.1) is 0 Å². The number of rotatable bonds is 6. The monoisotopic (exact) mass is 312 g/mol. The number of anilines is 1. The molecule has 0 radical (unpaired) electrons. The summed E-state index contributed by atoms with van der Waals surface area (Å²) in [5.41, 5.74) is 0.0731. The first kappa shape index (κ1) is 15.3. The maximum Gasteiger partial charge on any atom is 0.333 e. The Bertz CT molecular complexity index is 669. The lowest BCUT2D eigenvalue weighted by atomic mass is 10.2. The van der Waals surface area contributed by atoms with Crippen LogP contribution in [-0.4, -0.2) is 31.7 Å². The van der Waals surface area contributed by atoms with Crippen LogP contribution < -0.4 is 10.1 Å². The number of nitro benzene ring substituents is 1. The van der Waals surface area contributed by atoms with Gasteiger partial charge >= 0.3 is 5.69 Å². The highest BCUT2D eigenvalue weighted by atomic mass is 32.2. The molecule has 1 aliphatic heterocycles. The molecule has 0 amide bonds. The fourth-order valence-corrected chi connectivity index (χ4v) is 3.26. The summed E-state index contributed by atoms with van der Waals surface area (Å²) in [7, 11) is -3.22. The summed E-state index contributed by atoms with van der Waals surface area (Å²) in [6, 6.07) is 4.22. The molecule has 1 N–H and O–H groups in total. The van der Waals surface area contributed by atoms with Crippen molar-refractivity contribution in [2.45, 2.75) is 19.4 Å². The summed E-state index contributed by atoms with van der Waals surface area (Å²) < 4.78 is 28.1. The minimum atomic E-state index is -3.22. The van der Waals surface area contributed by atoms with Crippen LogP contribution in [0.3, 0.4) is 0 Å². The van der Waals surface area contributed by atoms with E-state index in [0.29, 0.717) is 6.61 Å². The number of benzene rings is 1. The van der Waals surface area contributed by atoms with Gasteiger partial charge in [0.25, 0.3) is 0 Å². The Morgan fingerprint density at radius 3 is 2.81 bits per heavy atom. The molecule has 1 atom stereocenters. The van der Waals surface area contributed by atoms with Gasteiger partial charge in [-0.1, -0.05) is 19.1 Å². The van der Waals surface area contributed by atoms with E-state index >= 15 is 0 Å². The van der Waals surface area contributed by atoms with Crippen molar-refractivity contribution >= 4 is 21.2 Å². The SMILES string of the molecule is CCCOc1cccc(NC2C=CS(=O)(=O)C2)c1[N+](=O)[O-]. The highest BCUT2D eigenvalue weighted by Crippen LogP contribution is 2.35. The van der Waals surface area contributed by atoms with Gasteiger partial charge in [-0.05, 0) is 18.6 Å². The van der Waals surface area contributed by atoms with Gasteiger partial charge in [0.05, 0.1) is 23.3 Å². The van der Waals surface area contributed by atoms with Gasteiger partial charge in [-0.2, -0.15) is 0 Å². The largest absolute Gasteiger partial charge is 0.487 e. The predicted octanol–water partition coefficient (Wildman–Crippen LogP) is 2.11. The Balaban J connectivity index is 2.27. The fraction of sp³-hybridized carbons (Fsp3) is 0.385. The third-order valence-electron chi connectivity index (χ3n) is 2.91. The summed E-state index contributed by atoms with van der Waals surface area (Å²) in [5, 5.41) is 15.3. The van der Waals surface area contributed by atoms with Crippen molar-refractivity contribution in [3.63, 3.8) is 0 Å². The minimum Gasteiger partial charge on any atom is -0.487 e. The van der Waals surface area contributed by atoms with E-state index < -0.39 is 20.8 Å². The van der Waals surface area contributed by atoms with Crippen LogP contribution in [0.4, 0.5) is 11.4 Å². The molecule has 7 nitrogen and oxygen atoms in total. The first-order valence-electron chi connectivity index (χ1n) is 6.50. The number of sulfone groups is 1. The van der Waals surface area contributed by atoms with E-state index in [4.69, 9.17) is 4.74 Å². The molecule has 2 rings (SSSR count). The molecule has 1 heterocycles. The zero-order chi connectivity index (χ0) is 15.5. The molecule has 1 aromatic rings. The maximum atomic E-state index is 11.4. The molecule has 0 saturated heterocycles. The van der Waals surface area contributed by atoms with Crippen LogP contribution in [0.25, 0.3) is 0 Å². The van der Waals surface area contributed by atoms with Crippen molar-refractivity contribution < 1.29 is 18.1 Å². The molecule has 0 aliphatic carbocycles.